The maximum atomic E-state index is 5.73. The van der Waals surface area contributed by atoms with Crippen LogP contribution >= 0.6 is 12.2 Å². The van der Waals surface area contributed by atoms with Crippen molar-refractivity contribution in [1.29, 1.82) is 0 Å². The van der Waals surface area contributed by atoms with Gasteiger partial charge in [-0.3, -0.25) is 0 Å². The van der Waals surface area contributed by atoms with Crippen molar-refractivity contribution >= 4 is 12.2 Å². The summed E-state index contributed by atoms with van der Waals surface area (Å²) in [5.41, 5.74) is 0.769. The van der Waals surface area contributed by atoms with E-state index in [1.807, 2.05) is 6.07 Å². The molecule has 1 aliphatic heterocycles. The first-order valence-corrected chi connectivity index (χ1v) is 6.84. The highest BCUT2D eigenvalue weighted by atomic mass is 32.1. The van der Waals surface area contributed by atoms with Crippen LogP contribution in [-0.4, -0.2) is 30.3 Å². The first-order chi connectivity index (χ1) is 8.70. The summed E-state index contributed by atoms with van der Waals surface area (Å²) in [5, 5.41) is 0. The molecule has 2 heterocycles. The van der Waals surface area contributed by atoms with E-state index in [0.29, 0.717) is 17.9 Å². The highest BCUT2D eigenvalue weighted by Crippen LogP contribution is 2.33. The van der Waals surface area contributed by atoms with E-state index in [4.69, 9.17) is 21.7 Å². The van der Waals surface area contributed by atoms with Crippen molar-refractivity contribution in [2.75, 3.05) is 20.3 Å². The van der Waals surface area contributed by atoms with Crippen molar-refractivity contribution in [3.05, 3.63) is 22.2 Å². The van der Waals surface area contributed by atoms with Gasteiger partial charge < -0.3 is 14.5 Å². The van der Waals surface area contributed by atoms with Crippen molar-refractivity contribution in [3.63, 3.8) is 0 Å². The zero-order chi connectivity index (χ0) is 13.0. The Bertz CT molecular complexity index is 453. The van der Waals surface area contributed by atoms with E-state index in [1.165, 1.54) is 0 Å². The first kappa shape index (κ1) is 13.6. The summed E-state index contributed by atoms with van der Waals surface area (Å²) in [5.74, 6) is 0.851. The van der Waals surface area contributed by atoms with Crippen molar-refractivity contribution in [2.24, 2.45) is 0 Å². The number of ether oxygens (including phenoxy) is 2. The summed E-state index contributed by atoms with van der Waals surface area (Å²) in [6.07, 6.45) is 3.70. The molecule has 0 radical (unpaired) electrons. The predicted octanol–water partition coefficient (Wildman–Crippen LogP) is 2.74. The lowest BCUT2D eigenvalue weighted by Gasteiger charge is -2.35. The van der Waals surface area contributed by atoms with E-state index in [-0.39, 0.29) is 5.60 Å². The molecule has 1 fully saturated rings. The number of nitrogens with one attached hydrogen (secondary N) is 1. The Morgan fingerprint density at radius 2 is 2.22 bits per heavy atom. The number of nitrogens with zero attached hydrogens (tertiary/aromatic N) is 1. The molecule has 1 aliphatic rings. The van der Waals surface area contributed by atoms with Gasteiger partial charge in [-0.15, -0.1) is 0 Å². The van der Waals surface area contributed by atoms with Crippen molar-refractivity contribution in [2.45, 2.75) is 38.2 Å². The maximum Gasteiger partial charge on any atom is 0.140 e. The molecule has 0 aliphatic carbocycles. The predicted molar refractivity (Wildman–Crippen MR) is 72.2 cm³/mol. The SMILES string of the molecule is CCCc1cc(=S)nc(C2(OC)CCOCC2)[nH]1. The van der Waals surface area contributed by atoms with Gasteiger partial charge >= 0.3 is 0 Å². The minimum absolute atomic E-state index is 0.366. The number of H-pyrrole nitrogens is 1. The Hall–Kier alpha value is -0.780. The molecule has 1 aromatic rings. The Labute approximate surface area is 113 Å². The van der Waals surface area contributed by atoms with Crippen molar-refractivity contribution in [1.82, 2.24) is 9.97 Å². The second kappa shape index (κ2) is 5.91. The van der Waals surface area contributed by atoms with Crippen molar-refractivity contribution in [3.8, 4) is 0 Å². The largest absolute Gasteiger partial charge is 0.381 e. The van der Waals surface area contributed by atoms with E-state index in [2.05, 4.69) is 16.9 Å². The third kappa shape index (κ3) is 2.79. The number of rotatable bonds is 4. The lowest BCUT2D eigenvalue weighted by Crippen LogP contribution is -2.37. The second-order valence-electron chi connectivity index (χ2n) is 4.65. The fourth-order valence-corrected chi connectivity index (χ4v) is 2.60. The summed E-state index contributed by atoms with van der Waals surface area (Å²) in [6, 6.07) is 1.94. The number of hydrogen-bond acceptors (Lipinski definition) is 4. The molecule has 100 valence electrons. The molecule has 1 N–H and O–H groups in total. The van der Waals surface area contributed by atoms with Gasteiger partial charge in [-0.2, -0.15) is 0 Å². The monoisotopic (exact) mass is 268 g/mol. The van der Waals surface area contributed by atoms with Gasteiger partial charge in [-0.25, -0.2) is 4.98 Å². The zero-order valence-corrected chi connectivity index (χ0v) is 11.8. The van der Waals surface area contributed by atoms with E-state index in [9.17, 15) is 0 Å². The van der Waals surface area contributed by atoms with Gasteiger partial charge in [0.25, 0.3) is 0 Å². The molecule has 0 unspecified atom stereocenters. The van der Waals surface area contributed by atoms with Crippen LogP contribution in [0.5, 0.6) is 0 Å². The van der Waals surface area contributed by atoms with E-state index < -0.39 is 0 Å². The molecular weight excluding hydrogens is 248 g/mol. The summed E-state index contributed by atoms with van der Waals surface area (Å²) in [4.78, 5) is 7.85. The van der Waals surface area contributed by atoms with Crippen LogP contribution in [0.25, 0.3) is 0 Å². The molecular formula is C13H20N2O2S. The quantitative estimate of drug-likeness (QED) is 0.853. The average molecular weight is 268 g/mol. The number of aromatic nitrogens is 2. The fraction of sp³-hybridized carbons (Fsp3) is 0.692. The van der Waals surface area contributed by atoms with Crippen LogP contribution < -0.4 is 0 Å². The maximum absolute atomic E-state index is 5.73. The normalized spacial score (nSPS) is 18.8. The van der Waals surface area contributed by atoms with Gasteiger partial charge in [-0.1, -0.05) is 25.6 Å². The number of aryl methyl sites for hydroxylation is 1. The summed E-state index contributed by atoms with van der Waals surface area (Å²) < 4.78 is 11.8. The molecule has 2 rings (SSSR count). The molecule has 0 atom stereocenters. The number of aromatic amines is 1. The van der Waals surface area contributed by atoms with Crippen LogP contribution in [0.2, 0.25) is 0 Å². The van der Waals surface area contributed by atoms with Crippen LogP contribution in [0, 0.1) is 4.64 Å². The van der Waals surface area contributed by atoms with Crippen LogP contribution in [0.3, 0.4) is 0 Å². The molecule has 18 heavy (non-hydrogen) atoms. The molecule has 0 bridgehead atoms. The van der Waals surface area contributed by atoms with Gasteiger partial charge in [0, 0.05) is 38.9 Å². The Kier molecular flexibility index (Phi) is 4.48. The van der Waals surface area contributed by atoms with Crippen LogP contribution in [-0.2, 0) is 21.5 Å². The molecule has 0 amide bonds. The molecule has 0 aromatic carbocycles. The van der Waals surface area contributed by atoms with Gasteiger partial charge in [-0.05, 0) is 12.5 Å². The fourth-order valence-electron chi connectivity index (χ4n) is 2.37. The highest BCUT2D eigenvalue weighted by Gasteiger charge is 2.36. The minimum atomic E-state index is -0.366. The first-order valence-electron chi connectivity index (χ1n) is 6.44. The Morgan fingerprint density at radius 3 is 2.83 bits per heavy atom. The van der Waals surface area contributed by atoms with Gasteiger partial charge in [0.05, 0.1) is 0 Å². The third-order valence-electron chi connectivity index (χ3n) is 3.44. The molecule has 5 heteroatoms. The molecule has 1 aromatic heterocycles. The summed E-state index contributed by atoms with van der Waals surface area (Å²) >= 11 is 5.25. The van der Waals surface area contributed by atoms with Gasteiger partial charge in [0.1, 0.15) is 16.1 Å². The smallest absolute Gasteiger partial charge is 0.140 e. The number of methoxy groups -OCH3 is 1. The highest BCUT2D eigenvalue weighted by molar-refractivity contribution is 7.71. The Balaban J connectivity index is 2.38. The molecule has 4 nitrogen and oxygen atoms in total. The minimum Gasteiger partial charge on any atom is -0.381 e. The summed E-state index contributed by atoms with van der Waals surface area (Å²) in [7, 11) is 1.73. The molecule has 0 saturated carbocycles. The topological polar surface area (TPSA) is 47.1 Å². The zero-order valence-electron chi connectivity index (χ0n) is 11.0. The third-order valence-corrected chi connectivity index (χ3v) is 3.65. The lowest BCUT2D eigenvalue weighted by molar-refractivity contribution is -0.100. The van der Waals surface area contributed by atoms with Gasteiger partial charge in [0.15, 0.2) is 0 Å². The lowest BCUT2D eigenvalue weighted by atomic mass is 9.93. The molecule has 0 spiro atoms. The van der Waals surface area contributed by atoms with Crippen molar-refractivity contribution < 1.29 is 9.47 Å². The summed E-state index contributed by atoms with van der Waals surface area (Å²) in [6.45, 7) is 3.56. The standard InChI is InChI=1S/C13H20N2O2S/c1-3-4-10-9-11(18)15-12(14-10)13(16-2)5-7-17-8-6-13/h9H,3-8H2,1-2H3,(H,14,15,18). The molecule has 1 saturated heterocycles. The van der Waals surface area contributed by atoms with E-state index in [0.717, 1.165) is 37.2 Å². The van der Waals surface area contributed by atoms with Crippen LogP contribution in [0.1, 0.15) is 37.7 Å². The average Bonchev–Trinajstić information content (AvgIpc) is 2.39. The number of hydrogen-bond donors (Lipinski definition) is 1. The second-order valence-corrected chi connectivity index (χ2v) is 5.07. The van der Waals surface area contributed by atoms with E-state index >= 15 is 0 Å². The van der Waals surface area contributed by atoms with Crippen LogP contribution in [0.15, 0.2) is 6.07 Å². The van der Waals surface area contributed by atoms with Gasteiger partial charge in [0.2, 0.25) is 0 Å². The van der Waals surface area contributed by atoms with E-state index in [1.54, 1.807) is 7.11 Å². The van der Waals surface area contributed by atoms with Crippen LogP contribution in [0.4, 0.5) is 0 Å². The Morgan fingerprint density at radius 1 is 1.50 bits per heavy atom.